The number of unbranched alkanes of at least 4 members (excludes halogenated alkanes) is 25. The number of phosphoric acid groups is 1. The summed E-state index contributed by atoms with van der Waals surface area (Å²) in [7, 11) is -5.11. The van der Waals surface area contributed by atoms with Crippen molar-refractivity contribution in [1.29, 1.82) is 0 Å². The number of rotatable bonds is 38. The van der Waals surface area contributed by atoms with Crippen LogP contribution in [0.3, 0.4) is 0 Å². The molecular formula is C43H86NO12P. The lowest BCUT2D eigenvalue weighted by molar-refractivity contribution is -0.220. The Bertz CT molecular complexity index is 995. The van der Waals surface area contributed by atoms with Gasteiger partial charge in [0, 0.05) is 0 Å². The molecule has 0 bridgehead atoms. The first-order valence-electron chi connectivity index (χ1n) is 23.1. The molecule has 1 saturated carbocycles. The lowest BCUT2D eigenvalue weighted by Crippen LogP contribution is -2.64. The largest absolute Gasteiger partial charge is 0.472 e. The molecule has 13 nitrogen and oxygen atoms in total. The molecule has 1 aliphatic carbocycles. The van der Waals surface area contributed by atoms with Crippen LogP contribution in [-0.2, 0) is 18.4 Å². The summed E-state index contributed by atoms with van der Waals surface area (Å²) >= 11 is 0. The van der Waals surface area contributed by atoms with Crippen LogP contribution >= 0.6 is 7.82 Å². The smallest absolute Gasteiger partial charge is 0.393 e. The first-order chi connectivity index (χ1) is 27.3. The second-order valence-corrected chi connectivity index (χ2v) is 18.2. The normalized spacial score (nSPS) is 23.9. The van der Waals surface area contributed by atoms with E-state index in [1.165, 1.54) is 116 Å². The summed E-state index contributed by atoms with van der Waals surface area (Å²) in [5.41, 5.74) is 0. The molecule has 0 radical (unpaired) electrons. The Morgan fingerprint density at radius 1 is 0.544 bits per heavy atom. The van der Waals surface area contributed by atoms with E-state index in [1.807, 2.05) is 0 Å². The van der Waals surface area contributed by atoms with E-state index in [0.717, 1.165) is 51.4 Å². The number of hydrogen-bond donors (Lipinski definition) is 9. The van der Waals surface area contributed by atoms with Gasteiger partial charge in [0.05, 0.1) is 31.3 Å². The molecule has 14 heteroatoms. The first kappa shape index (κ1) is 54.3. The lowest BCUT2D eigenvalue weighted by Gasteiger charge is -2.41. The van der Waals surface area contributed by atoms with Crippen molar-refractivity contribution in [1.82, 2.24) is 5.32 Å². The van der Waals surface area contributed by atoms with Crippen molar-refractivity contribution < 1.29 is 59.0 Å². The van der Waals surface area contributed by atoms with Gasteiger partial charge in [0.15, 0.2) is 0 Å². The fourth-order valence-corrected chi connectivity index (χ4v) is 8.62. The summed E-state index contributed by atoms with van der Waals surface area (Å²) in [6, 6.07) is -1.15. The minimum Gasteiger partial charge on any atom is -0.393 e. The molecule has 1 amide bonds. The maximum Gasteiger partial charge on any atom is 0.472 e. The molecule has 8 unspecified atom stereocenters. The highest BCUT2D eigenvalue weighted by Crippen LogP contribution is 2.47. The SMILES string of the molecule is CCCCCCCCCCCCCCCCCCCCCCC(O)C(COP(=O)(O)OC1C(O)C(O)C(O)C(O)C1O)NC(=O)CC(O)CCCCCCCCC. The third kappa shape index (κ3) is 26.3. The number of carbonyl (C=O) groups is 1. The zero-order valence-corrected chi connectivity index (χ0v) is 36.7. The van der Waals surface area contributed by atoms with Gasteiger partial charge in [0.2, 0.25) is 5.91 Å². The second-order valence-electron chi connectivity index (χ2n) is 16.8. The summed E-state index contributed by atoms with van der Waals surface area (Å²) in [5, 5.41) is 74.4. The van der Waals surface area contributed by atoms with Crippen LogP contribution < -0.4 is 5.32 Å². The molecule has 57 heavy (non-hydrogen) atoms. The Morgan fingerprint density at radius 2 is 0.877 bits per heavy atom. The average Bonchev–Trinajstić information content (AvgIpc) is 3.18. The predicted octanol–water partition coefficient (Wildman–Crippen LogP) is 7.26. The molecular weight excluding hydrogens is 753 g/mol. The molecule has 0 aromatic rings. The topological polar surface area (TPSA) is 226 Å². The Labute approximate surface area is 345 Å². The second kappa shape index (κ2) is 34.0. The molecule has 0 spiro atoms. The number of phosphoric ester groups is 1. The summed E-state index contributed by atoms with van der Waals surface area (Å²) in [6.07, 6.45) is 19.0. The summed E-state index contributed by atoms with van der Waals surface area (Å²) in [4.78, 5) is 23.3. The van der Waals surface area contributed by atoms with Gasteiger partial charge in [0.25, 0.3) is 0 Å². The van der Waals surface area contributed by atoms with Gasteiger partial charge >= 0.3 is 7.82 Å². The molecule has 0 heterocycles. The van der Waals surface area contributed by atoms with E-state index in [0.29, 0.717) is 12.8 Å². The molecule has 9 N–H and O–H groups in total. The van der Waals surface area contributed by atoms with Gasteiger partial charge < -0.3 is 46.0 Å². The van der Waals surface area contributed by atoms with Crippen LogP contribution in [0.1, 0.15) is 206 Å². The quantitative estimate of drug-likeness (QED) is 0.0221. The minimum absolute atomic E-state index is 0.218. The summed E-state index contributed by atoms with van der Waals surface area (Å²) in [5.74, 6) is -0.561. The molecule has 1 fully saturated rings. The molecule has 0 aliphatic heterocycles. The molecule has 0 saturated heterocycles. The molecule has 340 valence electrons. The van der Waals surface area contributed by atoms with E-state index >= 15 is 0 Å². The van der Waals surface area contributed by atoms with Crippen LogP contribution in [0.15, 0.2) is 0 Å². The van der Waals surface area contributed by atoms with E-state index in [1.54, 1.807) is 0 Å². The highest BCUT2D eigenvalue weighted by atomic mass is 31.2. The number of carbonyl (C=O) groups excluding carboxylic acids is 1. The van der Waals surface area contributed by atoms with Crippen molar-refractivity contribution in [3.63, 3.8) is 0 Å². The van der Waals surface area contributed by atoms with E-state index < -0.39 is 75.2 Å². The van der Waals surface area contributed by atoms with Gasteiger partial charge in [-0.2, -0.15) is 0 Å². The number of aliphatic hydroxyl groups is 7. The van der Waals surface area contributed by atoms with Crippen molar-refractivity contribution in [2.24, 2.45) is 0 Å². The maximum atomic E-state index is 12.9. The van der Waals surface area contributed by atoms with Crippen LogP contribution in [-0.4, -0.2) is 108 Å². The van der Waals surface area contributed by atoms with Gasteiger partial charge in [-0.25, -0.2) is 4.57 Å². The van der Waals surface area contributed by atoms with Crippen molar-refractivity contribution in [3.8, 4) is 0 Å². The predicted molar refractivity (Wildman–Crippen MR) is 224 cm³/mol. The summed E-state index contributed by atoms with van der Waals surface area (Å²) in [6.45, 7) is 3.74. The summed E-state index contributed by atoms with van der Waals surface area (Å²) < 4.78 is 22.9. The number of hydrogen-bond acceptors (Lipinski definition) is 11. The van der Waals surface area contributed by atoms with Crippen molar-refractivity contribution in [2.45, 2.75) is 261 Å². The van der Waals surface area contributed by atoms with Crippen molar-refractivity contribution in [3.05, 3.63) is 0 Å². The molecule has 0 aromatic carbocycles. The van der Waals surface area contributed by atoms with E-state index in [2.05, 4.69) is 19.2 Å². The highest BCUT2D eigenvalue weighted by molar-refractivity contribution is 7.47. The maximum absolute atomic E-state index is 12.9. The minimum atomic E-state index is -5.11. The van der Waals surface area contributed by atoms with Crippen molar-refractivity contribution >= 4 is 13.7 Å². The molecule has 0 aromatic heterocycles. The van der Waals surface area contributed by atoms with Gasteiger partial charge in [-0.05, 0) is 12.8 Å². The Kier molecular flexibility index (Phi) is 32.4. The van der Waals surface area contributed by atoms with E-state index in [-0.39, 0.29) is 12.8 Å². The number of nitrogens with one attached hydrogen (secondary N) is 1. The van der Waals surface area contributed by atoms with Crippen LogP contribution in [0, 0.1) is 0 Å². The van der Waals surface area contributed by atoms with Gasteiger partial charge in [-0.15, -0.1) is 0 Å². The van der Waals surface area contributed by atoms with Crippen LogP contribution in [0.4, 0.5) is 0 Å². The number of amides is 1. The Balaban J connectivity index is 2.45. The fourth-order valence-electron chi connectivity index (χ4n) is 7.66. The fraction of sp³-hybridized carbons (Fsp3) is 0.977. The molecule has 1 aliphatic rings. The van der Waals surface area contributed by atoms with Gasteiger partial charge in [-0.3, -0.25) is 13.8 Å². The van der Waals surface area contributed by atoms with E-state index in [9.17, 15) is 50.0 Å². The van der Waals surface area contributed by atoms with Crippen LogP contribution in [0.5, 0.6) is 0 Å². The third-order valence-electron chi connectivity index (χ3n) is 11.5. The van der Waals surface area contributed by atoms with Crippen LogP contribution in [0.25, 0.3) is 0 Å². The lowest BCUT2D eigenvalue weighted by atomic mass is 9.85. The monoisotopic (exact) mass is 840 g/mol. The van der Waals surface area contributed by atoms with Crippen molar-refractivity contribution in [2.75, 3.05) is 6.61 Å². The molecule has 8 atom stereocenters. The average molecular weight is 840 g/mol. The first-order valence-corrected chi connectivity index (χ1v) is 24.6. The number of aliphatic hydroxyl groups excluding tert-OH is 7. The zero-order chi connectivity index (χ0) is 42.3. The Morgan fingerprint density at radius 3 is 1.26 bits per heavy atom. The molecule has 1 rings (SSSR count). The standard InChI is InChI=1S/C43H86NO12P/c1-3-5-7-9-11-12-13-14-15-16-17-18-19-20-21-22-23-25-27-29-31-36(46)35(44-37(47)32-34(45)30-28-26-24-10-8-6-4-2)33-55-57(53,54)56-43-41(51)39(49)38(48)40(50)42(43)52/h34-36,38-43,45-46,48-52H,3-33H2,1-2H3,(H,44,47)(H,53,54). The third-order valence-corrected chi connectivity index (χ3v) is 12.5. The highest BCUT2D eigenvalue weighted by Gasteiger charge is 2.51. The van der Waals surface area contributed by atoms with E-state index in [4.69, 9.17) is 9.05 Å². The Hall–Kier alpha value is -0.700. The van der Waals surface area contributed by atoms with Gasteiger partial charge in [-0.1, -0.05) is 187 Å². The van der Waals surface area contributed by atoms with Crippen LogP contribution in [0.2, 0.25) is 0 Å². The van der Waals surface area contributed by atoms with Gasteiger partial charge in [0.1, 0.15) is 36.6 Å². The zero-order valence-electron chi connectivity index (χ0n) is 35.8.